The molecular formula is C17H24BrN3. The van der Waals surface area contributed by atoms with Crippen LogP contribution in [0.2, 0.25) is 0 Å². The molecule has 3 nitrogen and oxygen atoms in total. The number of nitrogens with zero attached hydrogens (tertiary/aromatic N) is 1. The molecule has 2 aliphatic rings. The molecule has 1 aromatic rings. The van der Waals surface area contributed by atoms with Crippen molar-refractivity contribution in [2.24, 2.45) is 11.1 Å². The third-order valence-electron chi connectivity index (χ3n) is 5.35. The molecule has 0 radical (unpaired) electrons. The molecule has 0 aromatic heterocycles. The Kier molecular flexibility index (Phi) is 4.25. The summed E-state index contributed by atoms with van der Waals surface area (Å²) in [5.74, 6) is 0.119. The molecule has 4 heteroatoms. The smallest absolute Gasteiger partial charge is 0.123 e. The summed E-state index contributed by atoms with van der Waals surface area (Å²) in [6, 6.07) is 6.16. The highest BCUT2D eigenvalue weighted by atomic mass is 79.9. The summed E-state index contributed by atoms with van der Waals surface area (Å²) in [5, 5.41) is 7.55. The molecule has 1 aliphatic heterocycles. The van der Waals surface area contributed by atoms with Crippen LogP contribution in [0.1, 0.15) is 50.5 Å². The van der Waals surface area contributed by atoms with Gasteiger partial charge in [-0.05, 0) is 65.2 Å². The Balaban J connectivity index is 1.69. The van der Waals surface area contributed by atoms with Gasteiger partial charge in [-0.1, -0.05) is 19.3 Å². The first kappa shape index (κ1) is 14.9. The predicted octanol–water partition coefficient (Wildman–Crippen LogP) is 4.28. The van der Waals surface area contributed by atoms with Gasteiger partial charge >= 0.3 is 0 Å². The van der Waals surface area contributed by atoms with Gasteiger partial charge in [0, 0.05) is 28.8 Å². The molecule has 0 unspecified atom stereocenters. The molecule has 1 aliphatic carbocycles. The quantitative estimate of drug-likeness (QED) is 0.618. The molecule has 2 fully saturated rings. The second-order valence-electron chi connectivity index (χ2n) is 6.63. The van der Waals surface area contributed by atoms with E-state index in [-0.39, 0.29) is 5.84 Å². The number of anilines is 1. The van der Waals surface area contributed by atoms with Gasteiger partial charge in [0.25, 0.3) is 0 Å². The Morgan fingerprint density at radius 1 is 1.10 bits per heavy atom. The molecular weight excluding hydrogens is 326 g/mol. The van der Waals surface area contributed by atoms with E-state index in [1.807, 2.05) is 6.07 Å². The van der Waals surface area contributed by atoms with E-state index in [2.05, 4.69) is 33.0 Å². The lowest BCUT2D eigenvalue weighted by molar-refractivity contribution is 0.144. The van der Waals surface area contributed by atoms with E-state index in [0.717, 1.165) is 23.1 Å². The third-order valence-corrected chi connectivity index (χ3v) is 6.00. The van der Waals surface area contributed by atoms with E-state index in [1.54, 1.807) is 0 Å². The third kappa shape index (κ3) is 3.10. The Bertz CT molecular complexity index is 525. The summed E-state index contributed by atoms with van der Waals surface area (Å²) in [4.78, 5) is 2.48. The highest BCUT2D eigenvalue weighted by Crippen LogP contribution is 2.45. The number of halogens is 1. The Hall–Kier alpha value is -1.03. The van der Waals surface area contributed by atoms with Crippen molar-refractivity contribution in [3.05, 3.63) is 28.2 Å². The predicted molar refractivity (Wildman–Crippen MR) is 92.1 cm³/mol. The zero-order valence-electron chi connectivity index (χ0n) is 12.5. The maximum Gasteiger partial charge on any atom is 0.123 e. The lowest BCUT2D eigenvalue weighted by Gasteiger charge is -2.45. The molecule has 1 aromatic carbocycles. The Labute approximate surface area is 135 Å². The maximum absolute atomic E-state index is 7.55. The summed E-state index contributed by atoms with van der Waals surface area (Å²) in [6.07, 6.45) is 9.84. The van der Waals surface area contributed by atoms with Gasteiger partial charge < -0.3 is 10.6 Å². The average molecular weight is 350 g/mol. The fourth-order valence-electron chi connectivity index (χ4n) is 3.96. The van der Waals surface area contributed by atoms with E-state index in [9.17, 15) is 0 Å². The van der Waals surface area contributed by atoms with Crippen LogP contribution in [0.25, 0.3) is 0 Å². The second-order valence-corrected chi connectivity index (χ2v) is 7.48. The Morgan fingerprint density at radius 2 is 1.76 bits per heavy atom. The minimum atomic E-state index is 0.119. The number of benzene rings is 1. The number of rotatable bonds is 2. The molecule has 114 valence electrons. The standard InChI is InChI=1S/C17H24BrN3/c18-15-12-13(4-5-14(15)16(19)20)21-10-8-17(9-11-21)6-2-1-3-7-17/h4-5,12H,1-3,6-11H2,(H3,19,20). The minimum absolute atomic E-state index is 0.119. The number of nitrogens with one attached hydrogen (secondary N) is 1. The summed E-state index contributed by atoms with van der Waals surface area (Å²) in [5.41, 5.74) is 8.25. The molecule has 3 N–H and O–H groups in total. The van der Waals surface area contributed by atoms with Crippen LogP contribution in [0.15, 0.2) is 22.7 Å². The number of hydrogen-bond acceptors (Lipinski definition) is 2. The van der Waals surface area contributed by atoms with Crippen LogP contribution in [0, 0.1) is 10.8 Å². The highest BCUT2D eigenvalue weighted by molar-refractivity contribution is 9.10. The lowest BCUT2D eigenvalue weighted by atomic mass is 9.68. The van der Waals surface area contributed by atoms with Crippen molar-refractivity contribution in [1.82, 2.24) is 0 Å². The monoisotopic (exact) mass is 349 g/mol. The fourth-order valence-corrected chi connectivity index (χ4v) is 4.54. The van der Waals surface area contributed by atoms with Gasteiger partial charge in [0.15, 0.2) is 0 Å². The molecule has 3 rings (SSSR count). The van der Waals surface area contributed by atoms with Crippen LogP contribution in [0.5, 0.6) is 0 Å². The normalized spacial score (nSPS) is 21.5. The molecule has 1 spiro atoms. The van der Waals surface area contributed by atoms with Gasteiger partial charge in [-0.2, -0.15) is 0 Å². The fraction of sp³-hybridized carbons (Fsp3) is 0.588. The van der Waals surface area contributed by atoms with Gasteiger partial charge in [-0.3, -0.25) is 5.41 Å². The number of nitrogen functional groups attached to an aromatic ring is 1. The summed E-state index contributed by atoms with van der Waals surface area (Å²) >= 11 is 3.54. The largest absolute Gasteiger partial charge is 0.384 e. The van der Waals surface area contributed by atoms with Gasteiger partial charge in [-0.25, -0.2) is 0 Å². The van der Waals surface area contributed by atoms with Gasteiger partial charge in [-0.15, -0.1) is 0 Å². The van der Waals surface area contributed by atoms with Crippen LogP contribution in [-0.2, 0) is 0 Å². The molecule has 0 bridgehead atoms. The van der Waals surface area contributed by atoms with Crippen LogP contribution >= 0.6 is 15.9 Å². The summed E-state index contributed by atoms with van der Waals surface area (Å²) in [6.45, 7) is 2.32. The number of amidine groups is 1. The number of hydrogen-bond donors (Lipinski definition) is 2. The number of nitrogens with two attached hydrogens (primary N) is 1. The summed E-state index contributed by atoms with van der Waals surface area (Å²) < 4.78 is 0.922. The molecule has 0 amide bonds. The molecule has 1 heterocycles. The molecule has 0 atom stereocenters. The zero-order chi connectivity index (χ0) is 14.9. The van der Waals surface area contributed by atoms with Gasteiger partial charge in [0.05, 0.1) is 0 Å². The van der Waals surface area contributed by atoms with Crippen LogP contribution < -0.4 is 10.6 Å². The van der Waals surface area contributed by atoms with Crippen molar-refractivity contribution in [1.29, 1.82) is 5.41 Å². The van der Waals surface area contributed by atoms with Crippen molar-refractivity contribution in [2.75, 3.05) is 18.0 Å². The number of piperidine rings is 1. The van der Waals surface area contributed by atoms with Crippen LogP contribution in [0.4, 0.5) is 5.69 Å². The zero-order valence-corrected chi connectivity index (χ0v) is 14.1. The van der Waals surface area contributed by atoms with Crippen LogP contribution in [0.3, 0.4) is 0 Å². The van der Waals surface area contributed by atoms with Gasteiger partial charge in [0.2, 0.25) is 0 Å². The van der Waals surface area contributed by atoms with E-state index in [0.29, 0.717) is 5.41 Å². The second kappa shape index (κ2) is 5.99. The van der Waals surface area contributed by atoms with E-state index in [4.69, 9.17) is 11.1 Å². The van der Waals surface area contributed by atoms with Crippen molar-refractivity contribution >= 4 is 27.5 Å². The lowest BCUT2D eigenvalue weighted by Crippen LogP contribution is -2.41. The van der Waals surface area contributed by atoms with Gasteiger partial charge in [0.1, 0.15) is 5.84 Å². The first-order chi connectivity index (χ1) is 10.1. The van der Waals surface area contributed by atoms with E-state index in [1.165, 1.54) is 50.6 Å². The topological polar surface area (TPSA) is 53.1 Å². The van der Waals surface area contributed by atoms with E-state index >= 15 is 0 Å². The first-order valence-corrected chi connectivity index (χ1v) is 8.78. The molecule has 21 heavy (non-hydrogen) atoms. The van der Waals surface area contributed by atoms with Crippen LogP contribution in [-0.4, -0.2) is 18.9 Å². The molecule has 1 saturated carbocycles. The first-order valence-electron chi connectivity index (χ1n) is 7.99. The SMILES string of the molecule is N=C(N)c1ccc(N2CCC3(CCCCC3)CC2)cc1Br. The maximum atomic E-state index is 7.55. The van der Waals surface area contributed by atoms with E-state index < -0.39 is 0 Å². The average Bonchev–Trinajstić information content (AvgIpc) is 2.48. The van der Waals surface area contributed by atoms with Crippen molar-refractivity contribution < 1.29 is 0 Å². The van der Waals surface area contributed by atoms with Crippen molar-refractivity contribution in [2.45, 2.75) is 44.9 Å². The Morgan fingerprint density at radius 3 is 2.33 bits per heavy atom. The summed E-state index contributed by atoms with van der Waals surface area (Å²) in [7, 11) is 0. The highest BCUT2D eigenvalue weighted by Gasteiger charge is 2.35. The van der Waals surface area contributed by atoms with Crippen molar-refractivity contribution in [3.8, 4) is 0 Å². The van der Waals surface area contributed by atoms with Crippen molar-refractivity contribution in [3.63, 3.8) is 0 Å². The minimum Gasteiger partial charge on any atom is -0.384 e. The molecule has 1 saturated heterocycles.